The van der Waals surface area contributed by atoms with E-state index in [1.807, 2.05) is 25.1 Å². The molecule has 0 aliphatic carbocycles. The highest BCUT2D eigenvalue weighted by molar-refractivity contribution is 5.84. The smallest absolute Gasteiger partial charge is 0.326 e. The summed E-state index contributed by atoms with van der Waals surface area (Å²) in [5.74, 6) is -0.345. The first-order chi connectivity index (χ1) is 10.1. The molecule has 0 fully saturated rings. The summed E-state index contributed by atoms with van der Waals surface area (Å²) in [4.78, 5) is 23.1. The van der Waals surface area contributed by atoms with Crippen LogP contribution in [0.5, 0.6) is 5.75 Å². The number of fused-ring (bicyclic) bond motifs is 1. The molecule has 1 amide bonds. The van der Waals surface area contributed by atoms with Crippen LogP contribution >= 0.6 is 0 Å². The van der Waals surface area contributed by atoms with E-state index in [0.29, 0.717) is 13.0 Å². The standard InChI is InChI=1S/C16H21NO4/c1-2-3-4-13(16(19)20)17-15(18)10-11-5-6-14-12(9-11)7-8-21-14/h5-6,9,13H,2-4,7-8,10H2,1H3,(H,17,18)(H,19,20)/t13-/m0/s1. The molecule has 1 atom stereocenters. The van der Waals surface area contributed by atoms with Crippen LogP contribution in [0.25, 0.3) is 0 Å². The quantitative estimate of drug-likeness (QED) is 0.805. The summed E-state index contributed by atoms with van der Waals surface area (Å²) >= 11 is 0. The van der Waals surface area contributed by atoms with Gasteiger partial charge in [0.15, 0.2) is 0 Å². The molecule has 1 aliphatic heterocycles. The summed E-state index contributed by atoms with van der Waals surface area (Å²) < 4.78 is 5.42. The first-order valence-corrected chi connectivity index (χ1v) is 7.37. The largest absolute Gasteiger partial charge is 0.493 e. The fraction of sp³-hybridized carbons (Fsp3) is 0.500. The molecule has 0 spiro atoms. The van der Waals surface area contributed by atoms with Crippen LogP contribution in [0.4, 0.5) is 0 Å². The molecule has 1 heterocycles. The first kappa shape index (κ1) is 15.4. The zero-order chi connectivity index (χ0) is 15.2. The number of hydrogen-bond acceptors (Lipinski definition) is 3. The Hall–Kier alpha value is -2.04. The Morgan fingerprint density at radius 1 is 1.43 bits per heavy atom. The monoisotopic (exact) mass is 291 g/mol. The van der Waals surface area contributed by atoms with Gasteiger partial charge in [-0.15, -0.1) is 0 Å². The van der Waals surface area contributed by atoms with Crippen LogP contribution in [0.2, 0.25) is 0 Å². The number of benzene rings is 1. The van der Waals surface area contributed by atoms with E-state index in [4.69, 9.17) is 9.84 Å². The van der Waals surface area contributed by atoms with Crippen molar-refractivity contribution in [2.24, 2.45) is 0 Å². The van der Waals surface area contributed by atoms with Crippen LogP contribution < -0.4 is 10.1 Å². The summed E-state index contributed by atoms with van der Waals surface area (Å²) in [7, 11) is 0. The van der Waals surface area contributed by atoms with Crippen LogP contribution in [0.3, 0.4) is 0 Å². The van der Waals surface area contributed by atoms with Gasteiger partial charge in [0.25, 0.3) is 0 Å². The maximum Gasteiger partial charge on any atom is 0.326 e. The summed E-state index contributed by atoms with van der Waals surface area (Å²) in [6.07, 6.45) is 3.22. The predicted octanol–water partition coefficient (Wildman–Crippen LogP) is 1.92. The highest BCUT2D eigenvalue weighted by Crippen LogP contribution is 2.25. The van der Waals surface area contributed by atoms with E-state index in [1.54, 1.807) is 0 Å². The van der Waals surface area contributed by atoms with E-state index in [-0.39, 0.29) is 12.3 Å². The molecule has 0 aromatic heterocycles. The minimum Gasteiger partial charge on any atom is -0.493 e. The number of carboxylic acid groups (broad SMARTS) is 1. The lowest BCUT2D eigenvalue weighted by Crippen LogP contribution is -2.41. The van der Waals surface area contributed by atoms with E-state index in [1.165, 1.54) is 0 Å². The Morgan fingerprint density at radius 3 is 2.95 bits per heavy atom. The predicted molar refractivity (Wildman–Crippen MR) is 78.4 cm³/mol. The Balaban J connectivity index is 1.92. The molecule has 0 saturated heterocycles. The third-order valence-corrected chi connectivity index (χ3v) is 3.60. The van der Waals surface area contributed by atoms with Crippen molar-refractivity contribution < 1.29 is 19.4 Å². The fourth-order valence-corrected chi connectivity index (χ4v) is 2.45. The van der Waals surface area contributed by atoms with Crippen LogP contribution in [-0.4, -0.2) is 29.6 Å². The maximum absolute atomic E-state index is 12.0. The number of hydrogen-bond donors (Lipinski definition) is 2. The van der Waals surface area contributed by atoms with Gasteiger partial charge in [-0.3, -0.25) is 4.79 Å². The summed E-state index contributed by atoms with van der Waals surface area (Å²) in [5, 5.41) is 11.7. The van der Waals surface area contributed by atoms with Gasteiger partial charge in [0.2, 0.25) is 5.91 Å². The second kappa shape index (κ2) is 7.11. The van der Waals surface area contributed by atoms with Gasteiger partial charge in [-0.25, -0.2) is 4.79 Å². The van der Waals surface area contributed by atoms with Crippen LogP contribution in [0.15, 0.2) is 18.2 Å². The van der Waals surface area contributed by atoms with Gasteiger partial charge < -0.3 is 15.2 Å². The van der Waals surface area contributed by atoms with Crippen LogP contribution in [-0.2, 0) is 22.4 Å². The van der Waals surface area contributed by atoms with Gasteiger partial charge in [0, 0.05) is 6.42 Å². The van der Waals surface area contributed by atoms with Crippen molar-refractivity contribution in [3.8, 4) is 5.75 Å². The lowest BCUT2D eigenvalue weighted by Gasteiger charge is -2.14. The minimum atomic E-state index is -0.973. The molecule has 5 heteroatoms. The molecule has 1 aliphatic rings. The van der Waals surface area contributed by atoms with E-state index in [2.05, 4.69) is 5.32 Å². The van der Waals surface area contributed by atoms with Gasteiger partial charge in [-0.05, 0) is 23.6 Å². The van der Waals surface area contributed by atoms with Gasteiger partial charge >= 0.3 is 5.97 Å². The molecule has 21 heavy (non-hydrogen) atoms. The number of carbonyl (C=O) groups excluding carboxylic acids is 1. The number of carbonyl (C=O) groups is 2. The van der Waals surface area contributed by atoms with Crippen molar-refractivity contribution in [3.05, 3.63) is 29.3 Å². The van der Waals surface area contributed by atoms with Gasteiger partial charge in [0.1, 0.15) is 11.8 Å². The van der Waals surface area contributed by atoms with E-state index >= 15 is 0 Å². The highest BCUT2D eigenvalue weighted by Gasteiger charge is 2.20. The van der Waals surface area contributed by atoms with Crippen molar-refractivity contribution in [1.82, 2.24) is 5.32 Å². The fourth-order valence-electron chi connectivity index (χ4n) is 2.45. The van der Waals surface area contributed by atoms with E-state index in [9.17, 15) is 9.59 Å². The number of carboxylic acids is 1. The van der Waals surface area contributed by atoms with Crippen molar-refractivity contribution in [1.29, 1.82) is 0 Å². The van der Waals surface area contributed by atoms with Crippen molar-refractivity contribution in [2.45, 2.75) is 45.1 Å². The van der Waals surface area contributed by atoms with Crippen molar-refractivity contribution in [2.75, 3.05) is 6.61 Å². The molecule has 2 N–H and O–H groups in total. The topological polar surface area (TPSA) is 75.6 Å². The summed E-state index contributed by atoms with van der Waals surface area (Å²) in [6.45, 7) is 2.68. The zero-order valence-electron chi connectivity index (χ0n) is 12.2. The van der Waals surface area contributed by atoms with E-state index in [0.717, 1.165) is 36.1 Å². The van der Waals surface area contributed by atoms with Gasteiger partial charge in [-0.1, -0.05) is 31.9 Å². The molecule has 0 unspecified atom stereocenters. The molecule has 0 saturated carbocycles. The number of amides is 1. The lowest BCUT2D eigenvalue weighted by molar-refractivity contribution is -0.142. The van der Waals surface area contributed by atoms with Crippen molar-refractivity contribution >= 4 is 11.9 Å². The first-order valence-electron chi connectivity index (χ1n) is 7.37. The number of unbranched alkanes of at least 4 members (excludes halogenated alkanes) is 1. The average Bonchev–Trinajstić information content (AvgIpc) is 2.90. The number of nitrogens with one attached hydrogen (secondary N) is 1. The van der Waals surface area contributed by atoms with Crippen LogP contribution in [0, 0.1) is 0 Å². The second-order valence-corrected chi connectivity index (χ2v) is 5.32. The highest BCUT2D eigenvalue weighted by atomic mass is 16.5. The number of ether oxygens (including phenoxy) is 1. The molecular weight excluding hydrogens is 270 g/mol. The van der Waals surface area contributed by atoms with Crippen molar-refractivity contribution in [3.63, 3.8) is 0 Å². The van der Waals surface area contributed by atoms with E-state index < -0.39 is 12.0 Å². The summed E-state index contributed by atoms with van der Waals surface area (Å²) in [6, 6.07) is 4.89. The number of rotatable bonds is 7. The number of aliphatic carboxylic acids is 1. The Morgan fingerprint density at radius 2 is 2.24 bits per heavy atom. The molecule has 5 nitrogen and oxygen atoms in total. The Labute approximate surface area is 124 Å². The molecular formula is C16H21NO4. The zero-order valence-corrected chi connectivity index (χ0v) is 12.2. The lowest BCUT2D eigenvalue weighted by atomic mass is 10.1. The molecule has 0 radical (unpaired) electrons. The molecule has 1 aromatic carbocycles. The summed E-state index contributed by atoms with van der Waals surface area (Å²) in [5.41, 5.74) is 2.00. The maximum atomic E-state index is 12.0. The van der Waals surface area contributed by atoms with Gasteiger partial charge in [0.05, 0.1) is 13.0 Å². The molecule has 1 aromatic rings. The SMILES string of the molecule is CCCC[C@H](NC(=O)Cc1ccc2c(c1)CCO2)C(=O)O. The normalized spacial score (nSPS) is 14.1. The van der Waals surface area contributed by atoms with Crippen LogP contribution in [0.1, 0.15) is 37.3 Å². The average molecular weight is 291 g/mol. The third kappa shape index (κ3) is 4.21. The Kier molecular flexibility index (Phi) is 5.20. The molecule has 114 valence electrons. The third-order valence-electron chi connectivity index (χ3n) is 3.60. The minimum absolute atomic E-state index is 0.198. The molecule has 2 rings (SSSR count). The van der Waals surface area contributed by atoms with Gasteiger partial charge in [-0.2, -0.15) is 0 Å². The second-order valence-electron chi connectivity index (χ2n) is 5.32. The molecule has 0 bridgehead atoms. The Bertz CT molecular complexity index is 527.